The molecule has 0 fully saturated rings. The van der Waals surface area contributed by atoms with E-state index < -0.39 is 50.0 Å². The lowest BCUT2D eigenvalue weighted by atomic mass is 9.72. The average Bonchev–Trinajstić information content (AvgIpc) is 2.73. The molecule has 0 spiro atoms. The van der Waals surface area contributed by atoms with Gasteiger partial charge in [-0.15, -0.1) is 0 Å². The van der Waals surface area contributed by atoms with E-state index in [0.29, 0.717) is 18.1 Å². The summed E-state index contributed by atoms with van der Waals surface area (Å²) in [5, 5.41) is 12.5. The summed E-state index contributed by atoms with van der Waals surface area (Å²) in [5.74, 6) is -6.60. The zero-order chi connectivity index (χ0) is 23.3. The minimum Gasteiger partial charge on any atom is -0.534 e. The second-order valence-electron chi connectivity index (χ2n) is 7.27. The van der Waals surface area contributed by atoms with Crippen molar-refractivity contribution in [2.45, 2.75) is 31.6 Å². The molecule has 0 bridgehead atoms. The van der Waals surface area contributed by atoms with Crippen LogP contribution in [0.1, 0.15) is 39.6 Å². The third-order valence-corrected chi connectivity index (χ3v) is 4.55. The first-order chi connectivity index (χ1) is 15.1. The largest absolute Gasteiger partial charge is 0.547 e. The number of amides is 1. The van der Waals surface area contributed by atoms with Crippen molar-refractivity contribution in [1.29, 1.82) is 0 Å². The van der Waals surface area contributed by atoms with E-state index in [1.807, 2.05) is 0 Å². The van der Waals surface area contributed by atoms with Crippen molar-refractivity contribution in [3.05, 3.63) is 65.2 Å². The number of fused-ring (bicyclic) bond motifs is 1. The van der Waals surface area contributed by atoms with Gasteiger partial charge in [-0.05, 0) is 37.1 Å². The lowest BCUT2D eigenvalue weighted by Gasteiger charge is -2.29. The maximum atomic E-state index is 13.0. The molecule has 1 amide bonds. The second-order valence-corrected chi connectivity index (χ2v) is 7.27. The SMILES string of the molecule is CC(F)(F)CC(=O)N[C@H]1Cc2cccc(C(=O)OCOC(=O)c3ccccc3)c2OB1O. The third-order valence-electron chi connectivity index (χ3n) is 4.55. The number of alkyl halides is 2. The van der Waals surface area contributed by atoms with Crippen LogP contribution in [-0.2, 0) is 20.7 Å². The van der Waals surface area contributed by atoms with E-state index in [-0.39, 0.29) is 17.7 Å². The van der Waals surface area contributed by atoms with E-state index in [0.717, 1.165) is 0 Å². The van der Waals surface area contributed by atoms with Gasteiger partial charge in [-0.3, -0.25) is 4.79 Å². The number of carbonyl (C=O) groups is 3. The number of rotatable bonds is 7. The molecule has 168 valence electrons. The van der Waals surface area contributed by atoms with E-state index in [4.69, 9.17) is 14.1 Å². The lowest BCUT2D eigenvalue weighted by Crippen LogP contribution is -2.53. The van der Waals surface area contributed by atoms with Gasteiger partial charge in [0.1, 0.15) is 11.3 Å². The molecule has 1 aliphatic heterocycles. The summed E-state index contributed by atoms with van der Waals surface area (Å²) in [6.07, 6.45) is -0.987. The minimum absolute atomic E-state index is 0.0258. The molecule has 0 unspecified atom stereocenters. The number of ether oxygens (including phenoxy) is 2. The highest BCUT2D eigenvalue weighted by molar-refractivity contribution is 6.47. The third kappa shape index (κ3) is 6.04. The van der Waals surface area contributed by atoms with Gasteiger partial charge in [0.15, 0.2) is 0 Å². The normalized spacial score (nSPS) is 15.2. The fourth-order valence-corrected chi connectivity index (χ4v) is 3.12. The molecule has 2 N–H and O–H groups in total. The fraction of sp³-hybridized carbons (Fsp3) is 0.286. The molecule has 1 heterocycles. The molecule has 2 aromatic rings. The number of hydrogen-bond acceptors (Lipinski definition) is 7. The van der Waals surface area contributed by atoms with Crippen molar-refractivity contribution < 1.29 is 42.3 Å². The van der Waals surface area contributed by atoms with Gasteiger partial charge in [-0.1, -0.05) is 30.3 Å². The number of hydrogen-bond donors (Lipinski definition) is 2. The number of benzene rings is 2. The quantitative estimate of drug-likeness (QED) is 0.380. The van der Waals surface area contributed by atoms with E-state index >= 15 is 0 Å². The van der Waals surface area contributed by atoms with Crippen LogP contribution in [-0.4, -0.2) is 48.6 Å². The van der Waals surface area contributed by atoms with Crippen LogP contribution in [0.2, 0.25) is 0 Å². The molecule has 1 atom stereocenters. The summed E-state index contributed by atoms with van der Waals surface area (Å²) in [5.41, 5.74) is 0.725. The molecule has 0 saturated heterocycles. The molecule has 0 saturated carbocycles. The van der Waals surface area contributed by atoms with Crippen molar-refractivity contribution in [3.63, 3.8) is 0 Å². The Kier molecular flexibility index (Phi) is 7.09. The first-order valence-corrected chi connectivity index (χ1v) is 9.67. The fourth-order valence-electron chi connectivity index (χ4n) is 3.12. The molecule has 3 rings (SSSR count). The summed E-state index contributed by atoms with van der Waals surface area (Å²) in [7, 11) is -1.57. The summed E-state index contributed by atoms with van der Waals surface area (Å²) < 4.78 is 41.3. The Bertz CT molecular complexity index is 997. The van der Waals surface area contributed by atoms with Crippen molar-refractivity contribution in [2.24, 2.45) is 0 Å². The number of nitrogens with one attached hydrogen (secondary N) is 1. The number of esters is 2. The summed E-state index contributed by atoms with van der Waals surface area (Å²) >= 11 is 0. The van der Waals surface area contributed by atoms with Crippen LogP contribution in [0.3, 0.4) is 0 Å². The van der Waals surface area contributed by atoms with Gasteiger partial charge in [0.25, 0.3) is 5.92 Å². The molecule has 0 aliphatic carbocycles. The Hall–Kier alpha value is -3.47. The summed E-state index contributed by atoms with van der Waals surface area (Å²) in [6, 6.07) is 12.7. The van der Waals surface area contributed by atoms with E-state index in [9.17, 15) is 28.2 Å². The number of carbonyl (C=O) groups excluding carboxylic acids is 3. The predicted octanol–water partition coefficient (Wildman–Crippen LogP) is 2.14. The summed E-state index contributed by atoms with van der Waals surface area (Å²) in [4.78, 5) is 36.1. The van der Waals surface area contributed by atoms with Gasteiger partial charge in [-0.25, -0.2) is 18.4 Å². The molecule has 1 aliphatic rings. The topological polar surface area (TPSA) is 111 Å². The lowest BCUT2D eigenvalue weighted by molar-refractivity contribution is -0.127. The Morgan fingerprint density at radius 3 is 2.50 bits per heavy atom. The highest BCUT2D eigenvalue weighted by Gasteiger charge is 2.39. The van der Waals surface area contributed by atoms with Crippen molar-refractivity contribution in [2.75, 3.05) is 6.79 Å². The van der Waals surface area contributed by atoms with Crippen LogP contribution >= 0.6 is 0 Å². The molecule has 0 aromatic heterocycles. The van der Waals surface area contributed by atoms with Crippen molar-refractivity contribution >= 4 is 25.0 Å². The van der Waals surface area contributed by atoms with Gasteiger partial charge in [-0.2, -0.15) is 0 Å². The number of halogens is 2. The first kappa shape index (κ1) is 23.2. The molecule has 0 radical (unpaired) electrons. The van der Waals surface area contributed by atoms with Gasteiger partial charge < -0.3 is 24.5 Å². The zero-order valence-electron chi connectivity index (χ0n) is 17.0. The highest BCUT2D eigenvalue weighted by atomic mass is 19.3. The van der Waals surface area contributed by atoms with E-state index in [1.165, 1.54) is 12.1 Å². The molecule has 2 aromatic carbocycles. The maximum absolute atomic E-state index is 13.0. The molecule has 32 heavy (non-hydrogen) atoms. The van der Waals surface area contributed by atoms with E-state index in [1.54, 1.807) is 36.4 Å². The van der Waals surface area contributed by atoms with Crippen molar-refractivity contribution in [3.8, 4) is 5.75 Å². The van der Waals surface area contributed by atoms with Crippen LogP contribution in [0.25, 0.3) is 0 Å². The summed E-state index contributed by atoms with van der Waals surface area (Å²) in [6.45, 7) is -0.0204. The van der Waals surface area contributed by atoms with Crippen molar-refractivity contribution in [1.82, 2.24) is 5.32 Å². The second kappa shape index (κ2) is 9.78. The van der Waals surface area contributed by atoms with E-state index in [2.05, 4.69) is 5.32 Å². The standard InChI is InChI=1S/C21H20BF2NO7/c1-21(23,24)11-17(26)25-16-10-14-8-5-9-15(18(14)32-22(16)29)20(28)31-12-30-19(27)13-6-3-2-4-7-13/h2-9,16,29H,10-12H2,1H3,(H,25,26)/t16-/m0/s1. The monoisotopic (exact) mass is 447 g/mol. The van der Waals surface area contributed by atoms with Crippen LogP contribution < -0.4 is 9.97 Å². The Morgan fingerprint density at radius 2 is 1.81 bits per heavy atom. The maximum Gasteiger partial charge on any atom is 0.547 e. The van der Waals surface area contributed by atoms with Gasteiger partial charge in [0, 0.05) is 0 Å². The number of para-hydroxylation sites is 1. The van der Waals surface area contributed by atoms with Crippen LogP contribution in [0.15, 0.2) is 48.5 Å². The van der Waals surface area contributed by atoms with Gasteiger partial charge in [0.05, 0.1) is 17.9 Å². The van der Waals surface area contributed by atoms with Crippen LogP contribution in [0, 0.1) is 0 Å². The van der Waals surface area contributed by atoms with Crippen LogP contribution in [0.5, 0.6) is 5.75 Å². The molecule has 11 heteroatoms. The Balaban J connectivity index is 1.61. The Morgan fingerprint density at radius 1 is 1.12 bits per heavy atom. The highest BCUT2D eigenvalue weighted by Crippen LogP contribution is 2.31. The minimum atomic E-state index is -3.19. The zero-order valence-corrected chi connectivity index (χ0v) is 17.0. The molecule has 8 nitrogen and oxygen atoms in total. The van der Waals surface area contributed by atoms with Crippen LogP contribution in [0.4, 0.5) is 8.78 Å². The Labute approximate surface area is 182 Å². The average molecular weight is 447 g/mol. The molecular formula is C21H20BF2NO7. The predicted molar refractivity (Wildman–Crippen MR) is 108 cm³/mol. The smallest absolute Gasteiger partial charge is 0.534 e. The molecular weight excluding hydrogens is 427 g/mol. The first-order valence-electron chi connectivity index (χ1n) is 9.67. The van der Waals surface area contributed by atoms with Gasteiger partial charge >= 0.3 is 19.1 Å². The van der Waals surface area contributed by atoms with Gasteiger partial charge in [0.2, 0.25) is 12.7 Å².